The Kier molecular flexibility index (Phi) is 6.08. The highest BCUT2D eigenvalue weighted by atomic mass is 35.5. The van der Waals surface area contributed by atoms with E-state index in [1.54, 1.807) is 12.1 Å². The highest BCUT2D eigenvalue weighted by molar-refractivity contribution is 6.30. The molecule has 21 heavy (non-hydrogen) atoms. The molecule has 0 radical (unpaired) electrons. The average molecular weight is 302 g/mol. The first kappa shape index (κ1) is 15.4. The van der Waals surface area contributed by atoms with Crippen molar-refractivity contribution in [3.63, 3.8) is 0 Å². The van der Waals surface area contributed by atoms with E-state index in [1.165, 1.54) is 0 Å². The van der Waals surface area contributed by atoms with Crippen LogP contribution in [0.1, 0.15) is 17.5 Å². The third-order valence-electron chi connectivity index (χ3n) is 2.85. The number of rotatable bonds is 7. The van der Waals surface area contributed by atoms with Gasteiger partial charge >= 0.3 is 0 Å². The minimum absolute atomic E-state index is 0.565. The fourth-order valence-corrected chi connectivity index (χ4v) is 1.90. The van der Waals surface area contributed by atoms with Gasteiger partial charge in [-0.2, -0.15) is 5.26 Å². The third kappa shape index (κ3) is 5.47. The lowest BCUT2D eigenvalue weighted by atomic mass is 10.2. The van der Waals surface area contributed by atoms with Gasteiger partial charge in [0.1, 0.15) is 5.75 Å². The standard InChI is InChI=1S/C17H16ClNO2/c18-16-7-5-14(6-8-16)13-20-9-2-10-21-17-4-1-3-15(11-17)12-19/h1,3-8,11H,2,9-10,13H2. The van der Waals surface area contributed by atoms with Gasteiger partial charge in [-0.05, 0) is 35.9 Å². The summed E-state index contributed by atoms with van der Waals surface area (Å²) in [7, 11) is 0. The highest BCUT2D eigenvalue weighted by Gasteiger charge is 1.97. The van der Waals surface area contributed by atoms with Crippen molar-refractivity contribution in [3.05, 3.63) is 64.7 Å². The van der Waals surface area contributed by atoms with Gasteiger partial charge < -0.3 is 9.47 Å². The van der Waals surface area contributed by atoms with Gasteiger partial charge in [0.2, 0.25) is 0 Å². The molecule has 2 aromatic rings. The van der Waals surface area contributed by atoms with Crippen molar-refractivity contribution < 1.29 is 9.47 Å². The zero-order valence-electron chi connectivity index (χ0n) is 11.6. The van der Waals surface area contributed by atoms with E-state index in [0.29, 0.717) is 31.1 Å². The van der Waals surface area contributed by atoms with Crippen LogP contribution in [-0.2, 0) is 11.3 Å². The minimum Gasteiger partial charge on any atom is -0.493 e. The summed E-state index contributed by atoms with van der Waals surface area (Å²) in [6.07, 6.45) is 0.796. The topological polar surface area (TPSA) is 42.2 Å². The molecule has 0 aliphatic carbocycles. The fourth-order valence-electron chi connectivity index (χ4n) is 1.78. The fraction of sp³-hybridized carbons (Fsp3) is 0.235. The molecule has 0 aliphatic rings. The van der Waals surface area contributed by atoms with E-state index in [2.05, 4.69) is 6.07 Å². The lowest BCUT2D eigenvalue weighted by Gasteiger charge is -2.07. The molecule has 0 amide bonds. The molecule has 2 aromatic carbocycles. The molecular formula is C17H16ClNO2. The second-order valence-corrected chi connectivity index (χ2v) is 4.96. The molecule has 0 aliphatic heterocycles. The Hall–Kier alpha value is -2.02. The predicted octanol–water partition coefficient (Wildman–Crippen LogP) is 4.20. The van der Waals surface area contributed by atoms with E-state index >= 15 is 0 Å². The van der Waals surface area contributed by atoms with Gasteiger partial charge in [0.25, 0.3) is 0 Å². The molecule has 0 unspecified atom stereocenters. The Morgan fingerprint density at radius 3 is 2.62 bits per heavy atom. The summed E-state index contributed by atoms with van der Waals surface area (Å²) in [5, 5.41) is 9.52. The van der Waals surface area contributed by atoms with Crippen molar-refractivity contribution in [3.8, 4) is 11.8 Å². The van der Waals surface area contributed by atoms with Crippen molar-refractivity contribution in [2.45, 2.75) is 13.0 Å². The summed E-state index contributed by atoms with van der Waals surface area (Å²) >= 11 is 5.82. The van der Waals surface area contributed by atoms with Crippen molar-refractivity contribution >= 4 is 11.6 Å². The molecule has 4 heteroatoms. The van der Waals surface area contributed by atoms with Crippen LogP contribution in [0.15, 0.2) is 48.5 Å². The smallest absolute Gasteiger partial charge is 0.120 e. The van der Waals surface area contributed by atoms with Crippen LogP contribution < -0.4 is 4.74 Å². The van der Waals surface area contributed by atoms with Crippen LogP contribution in [0.25, 0.3) is 0 Å². The number of hydrogen-bond acceptors (Lipinski definition) is 3. The molecule has 108 valence electrons. The summed E-state index contributed by atoms with van der Waals surface area (Å²) in [5.74, 6) is 0.715. The molecular weight excluding hydrogens is 286 g/mol. The largest absolute Gasteiger partial charge is 0.493 e. The SMILES string of the molecule is N#Cc1cccc(OCCCOCc2ccc(Cl)cc2)c1. The zero-order chi connectivity index (χ0) is 14.9. The molecule has 0 saturated carbocycles. The number of benzene rings is 2. The number of nitrogens with zero attached hydrogens (tertiary/aromatic N) is 1. The lowest BCUT2D eigenvalue weighted by molar-refractivity contribution is 0.107. The van der Waals surface area contributed by atoms with Crippen LogP contribution in [-0.4, -0.2) is 13.2 Å². The Balaban J connectivity index is 1.62. The predicted molar refractivity (Wildman–Crippen MR) is 82.4 cm³/mol. The molecule has 0 saturated heterocycles. The van der Waals surface area contributed by atoms with Gasteiger partial charge in [-0.1, -0.05) is 29.8 Å². The first-order chi connectivity index (χ1) is 10.3. The van der Waals surface area contributed by atoms with Gasteiger partial charge in [0.15, 0.2) is 0 Å². The van der Waals surface area contributed by atoms with Crippen LogP contribution in [0.3, 0.4) is 0 Å². The normalized spacial score (nSPS) is 10.1. The van der Waals surface area contributed by atoms with E-state index in [0.717, 1.165) is 17.0 Å². The summed E-state index contributed by atoms with van der Waals surface area (Å²) in [4.78, 5) is 0. The van der Waals surface area contributed by atoms with E-state index in [1.807, 2.05) is 36.4 Å². The first-order valence-corrected chi connectivity index (χ1v) is 7.11. The molecule has 0 aromatic heterocycles. The number of halogens is 1. The Morgan fingerprint density at radius 1 is 1.05 bits per heavy atom. The van der Waals surface area contributed by atoms with Crippen molar-refractivity contribution in [1.29, 1.82) is 5.26 Å². The van der Waals surface area contributed by atoms with Crippen molar-refractivity contribution in [2.24, 2.45) is 0 Å². The average Bonchev–Trinajstić information content (AvgIpc) is 2.52. The Labute approximate surface area is 129 Å². The monoisotopic (exact) mass is 301 g/mol. The molecule has 0 bridgehead atoms. The van der Waals surface area contributed by atoms with E-state index in [4.69, 9.17) is 26.3 Å². The molecule has 0 N–H and O–H groups in total. The molecule has 0 spiro atoms. The van der Waals surface area contributed by atoms with Crippen molar-refractivity contribution in [2.75, 3.05) is 13.2 Å². The summed E-state index contributed by atoms with van der Waals surface area (Å²) in [5.41, 5.74) is 1.70. The maximum absolute atomic E-state index is 8.80. The van der Waals surface area contributed by atoms with E-state index in [9.17, 15) is 0 Å². The summed E-state index contributed by atoms with van der Waals surface area (Å²) in [6.45, 7) is 1.76. The maximum Gasteiger partial charge on any atom is 0.120 e. The van der Waals surface area contributed by atoms with Gasteiger partial charge in [0.05, 0.1) is 31.5 Å². The highest BCUT2D eigenvalue weighted by Crippen LogP contribution is 2.13. The van der Waals surface area contributed by atoms with Gasteiger partial charge in [-0.25, -0.2) is 0 Å². The van der Waals surface area contributed by atoms with Gasteiger partial charge in [-0.3, -0.25) is 0 Å². The molecule has 0 fully saturated rings. The van der Waals surface area contributed by atoms with Crippen LogP contribution >= 0.6 is 11.6 Å². The van der Waals surface area contributed by atoms with Crippen LogP contribution in [0, 0.1) is 11.3 Å². The number of hydrogen-bond donors (Lipinski definition) is 0. The third-order valence-corrected chi connectivity index (χ3v) is 3.10. The maximum atomic E-state index is 8.80. The van der Waals surface area contributed by atoms with Gasteiger partial charge in [0, 0.05) is 11.4 Å². The first-order valence-electron chi connectivity index (χ1n) is 6.73. The Bertz CT molecular complexity index is 605. The number of nitriles is 1. The van der Waals surface area contributed by atoms with Crippen LogP contribution in [0.4, 0.5) is 0 Å². The van der Waals surface area contributed by atoms with Crippen molar-refractivity contribution in [1.82, 2.24) is 0 Å². The minimum atomic E-state index is 0.565. The second-order valence-electron chi connectivity index (χ2n) is 4.52. The zero-order valence-corrected chi connectivity index (χ0v) is 12.3. The molecule has 3 nitrogen and oxygen atoms in total. The lowest BCUT2D eigenvalue weighted by Crippen LogP contribution is -2.03. The van der Waals surface area contributed by atoms with E-state index in [-0.39, 0.29) is 0 Å². The number of ether oxygens (including phenoxy) is 2. The van der Waals surface area contributed by atoms with Crippen LogP contribution in [0.2, 0.25) is 5.02 Å². The molecule has 0 heterocycles. The molecule has 0 atom stereocenters. The summed E-state index contributed by atoms with van der Waals surface area (Å²) < 4.78 is 11.1. The summed E-state index contributed by atoms with van der Waals surface area (Å²) in [6, 6.07) is 16.8. The van der Waals surface area contributed by atoms with Gasteiger partial charge in [-0.15, -0.1) is 0 Å². The molecule has 2 rings (SSSR count). The second kappa shape index (κ2) is 8.31. The Morgan fingerprint density at radius 2 is 1.86 bits per heavy atom. The quantitative estimate of drug-likeness (QED) is 0.720. The van der Waals surface area contributed by atoms with Crippen LogP contribution in [0.5, 0.6) is 5.75 Å². The van der Waals surface area contributed by atoms with E-state index < -0.39 is 0 Å².